The molecule has 0 atom stereocenters. The number of nitriles is 2. The van der Waals surface area contributed by atoms with E-state index in [-0.39, 0.29) is 20.3 Å². The first kappa shape index (κ1) is 14.0. The molecule has 0 aliphatic rings. The summed E-state index contributed by atoms with van der Waals surface area (Å²) in [6, 6.07) is 9.38. The van der Waals surface area contributed by atoms with Crippen molar-refractivity contribution in [3.63, 3.8) is 0 Å². The zero-order chi connectivity index (χ0) is 14.8. The predicted octanol–water partition coefficient (Wildman–Crippen LogP) is 2.43. The van der Waals surface area contributed by atoms with Crippen molar-refractivity contribution < 1.29 is 12.8 Å². The van der Waals surface area contributed by atoms with Gasteiger partial charge in [0.1, 0.15) is 27.0 Å². The third kappa shape index (κ3) is 2.77. The fourth-order valence-electron chi connectivity index (χ4n) is 1.42. The SMILES string of the molecule is N#Cc1ccc(S(=O)(=O)Nc2ccc(F)cc2C#N)s1. The summed E-state index contributed by atoms with van der Waals surface area (Å²) in [6.45, 7) is 0. The molecule has 1 N–H and O–H groups in total. The van der Waals surface area contributed by atoms with Crippen molar-refractivity contribution in [1.29, 1.82) is 10.5 Å². The van der Waals surface area contributed by atoms with Crippen molar-refractivity contribution in [3.8, 4) is 12.1 Å². The van der Waals surface area contributed by atoms with Crippen LogP contribution in [0.5, 0.6) is 0 Å². The largest absolute Gasteiger partial charge is 0.278 e. The Bertz CT molecular complexity index is 844. The van der Waals surface area contributed by atoms with E-state index in [9.17, 15) is 12.8 Å². The van der Waals surface area contributed by atoms with Crippen LogP contribution in [-0.2, 0) is 10.0 Å². The van der Waals surface area contributed by atoms with E-state index in [1.807, 2.05) is 6.07 Å². The first-order valence-corrected chi connectivity index (χ1v) is 7.48. The van der Waals surface area contributed by atoms with Crippen LogP contribution in [0, 0.1) is 28.5 Å². The molecule has 2 aromatic rings. The van der Waals surface area contributed by atoms with Gasteiger partial charge in [0.15, 0.2) is 0 Å². The molecule has 2 rings (SSSR count). The maximum atomic E-state index is 13.0. The zero-order valence-electron chi connectivity index (χ0n) is 9.79. The number of anilines is 1. The predicted molar refractivity (Wildman–Crippen MR) is 71.0 cm³/mol. The van der Waals surface area contributed by atoms with Crippen LogP contribution in [0.4, 0.5) is 10.1 Å². The number of sulfonamides is 1. The van der Waals surface area contributed by atoms with E-state index in [2.05, 4.69) is 4.72 Å². The van der Waals surface area contributed by atoms with Gasteiger partial charge in [-0.2, -0.15) is 10.5 Å². The first-order chi connectivity index (χ1) is 9.46. The summed E-state index contributed by atoms with van der Waals surface area (Å²) in [6.07, 6.45) is 0. The topological polar surface area (TPSA) is 93.8 Å². The van der Waals surface area contributed by atoms with Crippen molar-refractivity contribution in [2.75, 3.05) is 4.72 Å². The molecule has 1 heterocycles. The van der Waals surface area contributed by atoms with Gasteiger partial charge in [-0.15, -0.1) is 11.3 Å². The molecular formula is C12H6FN3O2S2. The third-order valence-electron chi connectivity index (χ3n) is 2.30. The van der Waals surface area contributed by atoms with Gasteiger partial charge in [0.05, 0.1) is 11.3 Å². The average Bonchev–Trinajstić information content (AvgIpc) is 2.90. The molecule has 8 heteroatoms. The molecule has 0 amide bonds. The average molecular weight is 307 g/mol. The summed E-state index contributed by atoms with van der Waals surface area (Å²) in [7, 11) is -3.90. The van der Waals surface area contributed by atoms with Crippen LogP contribution in [0.3, 0.4) is 0 Å². The van der Waals surface area contributed by atoms with Crippen LogP contribution in [0.25, 0.3) is 0 Å². The summed E-state index contributed by atoms with van der Waals surface area (Å²) in [5.41, 5.74) is -0.133. The number of rotatable bonds is 3. The van der Waals surface area contributed by atoms with Gasteiger partial charge in [-0.3, -0.25) is 4.72 Å². The Hall–Kier alpha value is -2.42. The Kier molecular flexibility index (Phi) is 3.70. The lowest BCUT2D eigenvalue weighted by atomic mass is 10.2. The van der Waals surface area contributed by atoms with E-state index in [1.54, 1.807) is 6.07 Å². The van der Waals surface area contributed by atoms with E-state index < -0.39 is 15.8 Å². The van der Waals surface area contributed by atoms with Crippen LogP contribution >= 0.6 is 11.3 Å². The Morgan fingerprint density at radius 3 is 2.50 bits per heavy atom. The highest BCUT2D eigenvalue weighted by atomic mass is 32.2. The van der Waals surface area contributed by atoms with E-state index in [4.69, 9.17) is 10.5 Å². The zero-order valence-corrected chi connectivity index (χ0v) is 11.4. The molecule has 0 saturated carbocycles. The van der Waals surface area contributed by atoms with Crippen LogP contribution in [-0.4, -0.2) is 8.42 Å². The van der Waals surface area contributed by atoms with Gasteiger partial charge in [-0.05, 0) is 30.3 Å². The second-order valence-corrected chi connectivity index (χ2v) is 6.63. The minimum atomic E-state index is -3.90. The van der Waals surface area contributed by atoms with Gasteiger partial charge >= 0.3 is 0 Å². The van der Waals surface area contributed by atoms with Crippen molar-refractivity contribution in [1.82, 2.24) is 0 Å². The van der Waals surface area contributed by atoms with E-state index >= 15 is 0 Å². The summed E-state index contributed by atoms with van der Waals surface area (Å²) in [5, 5.41) is 17.5. The molecule has 0 aliphatic carbocycles. The third-order valence-corrected chi connectivity index (χ3v) is 5.15. The van der Waals surface area contributed by atoms with Gasteiger partial charge < -0.3 is 0 Å². The van der Waals surface area contributed by atoms with Crippen LogP contribution in [0.15, 0.2) is 34.5 Å². The van der Waals surface area contributed by atoms with E-state index in [1.165, 1.54) is 18.2 Å². The summed E-state index contributed by atoms with van der Waals surface area (Å²) >= 11 is 0.807. The van der Waals surface area contributed by atoms with Gasteiger partial charge in [-0.1, -0.05) is 0 Å². The molecular weight excluding hydrogens is 301 g/mol. The molecule has 100 valence electrons. The Morgan fingerprint density at radius 2 is 1.90 bits per heavy atom. The lowest BCUT2D eigenvalue weighted by molar-refractivity contribution is 0.603. The lowest BCUT2D eigenvalue weighted by Gasteiger charge is -2.07. The molecule has 1 aromatic carbocycles. The number of halogens is 1. The summed E-state index contributed by atoms with van der Waals surface area (Å²) < 4.78 is 39.3. The van der Waals surface area contributed by atoms with Gasteiger partial charge in [-0.25, -0.2) is 12.8 Å². The Balaban J connectivity index is 2.39. The molecule has 0 aliphatic heterocycles. The summed E-state index contributed by atoms with van der Waals surface area (Å²) in [4.78, 5) is 0.255. The first-order valence-electron chi connectivity index (χ1n) is 5.18. The smallest absolute Gasteiger partial charge is 0.271 e. The Morgan fingerprint density at radius 1 is 1.15 bits per heavy atom. The number of hydrogen-bond donors (Lipinski definition) is 1. The van der Waals surface area contributed by atoms with Crippen molar-refractivity contribution in [2.24, 2.45) is 0 Å². The molecule has 0 saturated heterocycles. The molecule has 0 radical (unpaired) electrons. The number of nitrogens with one attached hydrogen (secondary N) is 1. The second-order valence-electron chi connectivity index (χ2n) is 3.64. The molecule has 5 nitrogen and oxygen atoms in total. The number of thiophene rings is 1. The highest BCUT2D eigenvalue weighted by Gasteiger charge is 2.18. The molecule has 0 fully saturated rings. The summed E-state index contributed by atoms with van der Waals surface area (Å²) in [5.74, 6) is -0.632. The van der Waals surface area contributed by atoms with Crippen LogP contribution in [0.1, 0.15) is 10.4 Å². The maximum Gasteiger partial charge on any atom is 0.271 e. The fraction of sp³-hybridized carbons (Fsp3) is 0. The van der Waals surface area contributed by atoms with Gasteiger partial charge in [0, 0.05) is 0 Å². The quantitative estimate of drug-likeness (QED) is 0.942. The molecule has 1 aromatic heterocycles. The molecule has 0 spiro atoms. The van der Waals surface area contributed by atoms with Crippen molar-refractivity contribution in [2.45, 2.75) is 4.21 Å². The number of benzene rings is 1. The maximum absolute atomic E-state index is 13.0. The molecule has 0 unspecified atom stereocenters. The highest BCUT2D eigenvalue weighted by Crippen LogP contribution is 2.25. The lowest BCUT2D eigenvalue weighted by Crippen LogP contribution is -2.12. The second kappa shape index (κ2) is 5.29. The van der Waals surface area contributed by atoms with Crippen LogP contribution in [0.2, 0.25) is 0 Å². The van der Waals surface area contributed by atoms with E-state index in [0.29, 0.717) is 0 Å². The normalized spacial score (nSPS) is 10.6. The molecule has 0 bridgehead atoms. The number of hydrogen-bond acceptors (Lipinski definition) is 5. The fourth-order valence-corrected chi connectivity index (χ4v) is 3.60. The minimum absolute atomic E-state index is 0.0131. The number of nitrogens with zero attached hydrogens (tertiary/aromatic N) is 2. The van der Waals surface area contributed by atoms with E-state index in [0.717, 1.165) is 23.5 Å². The minimum Gasteiger partial charge on any atom is -0.278 e. The monoisotopic (exact) mass is 307 g/mol. The molecule has 20 heavy (non-hydrogen) atoms. The standard InChI is InChI=1S/C12H6FN3O2S2/c13-9-1-3-11(8(5-9)6-14)16-20(17,18)12-4-2-10(7-15)19-12/h1-5,16H. The van der Waals surface area contributed by atoms with Crippen LogP contribution < -0.4 is 4.72 Å². The van der Waals surface area contributed by atoms with Gasteiger partial charge in [0.2, 0.25) is 0 Å². The highest BCUT2D eigenvalue weighted by molar-refractivity contribution is 7.94. The van der Waals surface area contributed by atoms with Crippen molar-refractivity contribution in [3.05, 3.63) is 46.6 Å². The van der Waals surface area contributed by atoms with Gasteiger partial charge in [0.25, 0.3) is 10.0 Å². The Labute approximate surface area is 118 Å². The van der Waals surface area contributed by atoms with Crippen molar-refractivity contribution >= 4 is 27.0 Å².